The zero-order valence-corrected chi connectivity index (χ0v) is 18.5. The Bertz CT molecular complexity index is 1320. The topological polar surface area (TPSA) is 50.2 Å². The molecule has 0 radical (unpaired) electrons. The van der Waals surface area contributed by atoms with Gasteiger partial charge in [0.05, 0.1) is 5.52 Å². The SMILES string of the molecule is CCC1=C(C)NC(=Nc2nc(-c3ccc(-c4ccccc4)cc3)nc3ccccc23)CC1. The summed E-state index contributed by atoms with van der Waals surface area (Å²) in [5, 5.41) is 4.45. The minimum absolute atomic E-state index is 0.694. The third-order valence-corrected chi connectivity index (χ3v) is 6.03. The summed E-state index contributed by atoms with van der Waals surface area (Å²) in [6.07, 6.45) is 3.02. The van der Waals surface area contributed by atoms with E-state index in [9.17, 15) is 0 Å². The number of amidine groups is 1. The highest BCUT2D eigenvalue weighted by Gasteiger charge is 2.15. The van der Waals surface area contributed by atoms with Crippen molar-refractivity contribution in [3.05, 3.63) is 90.1 Å². The summed E-state index contributed by atoms with van der Waals surface area (Å²) in [6, 6.07) is 26.9. The fourth-order valence-electron chi connectivity index (χ4n) is 4.19. The zero-order chi connectivity index (χ0) is 21.9. The van der Waals surface area contributed by atoms with E-state index in [1.54, 1.807) is 0 Å². The first-order chi connectivity index (χ1) is 15.7. The zero-order valence-electron chi connectivity index (χ0n) is 18.5. The van der Waals surface area contributed by atoms with Crippen LogP contribution in [0.15, 0.2) is 95.1 Å². The molecule has 2 heterocycles. The van der Waals surface area contributed by atoms with Crippen LogP contribution < -0.4 is 5.32 Å². The van der Waals surface area contributed by atoms with Crippen molar-refractivity contribution >= 4 is 22.6 Å². The lowest BCUT2D eigenvalue weighted by Gasteiger charge is -2.20. The van der Waals surface area contributed by atoms with Gasteiger partial charge in [0.25, 0.3) is 0 Å². The number of nitrogens with zero attached hydrogens (tertiary/aromatic N) is 3. The number of benzene rings is 3. The van der Waals surface area contributed by atoms with E-state index in [-0.39, 0.29) is 0 Å². The van der Waals surface area contributed by atoms with Crippen LogP contribution in [0.4, 0.5) is 5.82 Å². The summed E-state index contributed by atoms with van der Waals surface area (Å²) < 4.78 is 0. The van der Waals surface area contributed by atoms with Crippen LogP contribution in [0, 0.1) is 0 Å². The number of aromatic nitrogens is 2. The molecule has 1 N–H and O–H groups in total. The first kappa shape index (κ1) is 20.1. The molecular weight excluding hydrogens is 392 g/mol. The van der Waals surface area contributed by atoms with E-state index in [4.69, 9.17) is 15.0 Å². The monoisotopic (exact) mass is 418 g/mol. The second-order valence-corrected chi connectivity index (χ2v) is 8.10. The van der Waals surface area contributed by atoms with Crippen LogP contribution in [0.5, 0.6) is 0 Å². The van der Waals surface area contributed by atoms with Crippen molar-refractivity contribution in [3.8, 4) is 22.5 Å². The Hall–Kier alpha value is -3.79. The standard InChI is InChI=1S/C28H26N4/c1-3-20-17-18-26(29-19(20)2)31-28-24-11-7-8-12-25(24)30-27(32-28)23-15-13-22(14-16-23)21-9-5-4-6-10-21/h4-16H,3,17-18H2,1-2H3,(H,29,30,31,32). The molecule has 3 aromatic carbocycles. The van der Waals surface area contributed by atoms with Gasteiger partial charge in [-0.25, -0.2) is 15.0 Å². The number of rotatable bonds is 4. The first-order valence-electron chi connectivity index (χ1n) is 11.2. The number of allylic oxidation sites excluding steroid dienone is 2. The maximum atomic E-state index is 4.94. The third kappa shape index (κ3) is 4.04. The summed E-state index contributed by atoms with van der Waals surface area (Å²) in [5.41, 5.74) is 6.95. The summed E-state index contributed by atoms with van der Waals surface area (Å²) in [6.45, 7) is 4.33. The largest absolute Gasteiger partial charge is 0.348 e. The Labute approximate surface area is 188 Å². The molecule has 1 aliphatic heterocycles. The predicted molar refractivity (Wildman–Crippen MR) is 133 cm³/mol. The molecule has 4 aromatic rings. The van der Waals surface area contributed by atoms with Crippen molar-refractivity contribution in [3.63, 3.8) is 0 Å². The van der Waals surface area contributed by atoms with Crippen molar-refractivity contribution in [2.45, 2.75) is 33.1 Å². The van der Waals surface area contributed by atoms with Gasteiger partial charge in [-0.2, -0.15) is 0 Å². The van der Waals surface area contributed by atoms with Gasteiger partial charge in [-0.05, 0) is 43.0 Å². The van der Waals surface area contributed by atoms with E-state index in [0.29, 0.717) is 11.6 Å². The van der Waals surface area contributed by atoms with Gasteiger partial charge < -0.3 is 5.32 Å². The highest BCUT2D eigenvalue weighted by Crippen LogP contribution is 2.29. The van der Waals surface area contributed by atoms with Crippen molar-refractivity contribution in [1.29, 1.82) is 0 Å². The van der Waals surface area contributed by atoms with E-state index in [1.807, 2.05) is 30.3 Å². The number of aliphatic imine (C=N–C) groups is 1. The summed E-state index contributed by atoms with van der Waals surface area (Å²) >= 11 is 0. The number of hydrogen-bond donors (Lipinski definition) is 1. The number of hydrogen-bond acceptors (Lipinski definition) is 3. The van der Waals surface area contributed by atoms with Gasteiger partial charge >= 0.3 is 0 Å². The number of fused-ring (bicyclic) bond motifs is 1. The molecule has 4 heteroatoms. The Balaban J connectivity index is 1.54. The number of nitrogens with one attached hydrogen (secondary N) is 1. The molecule has 0 bridgehead atoms. The smallest absolute Gasteiger partial charge is 0.165 e. The fourth-order valence-corrected chi connectivity index (χ4v) is 4.19. The average molecular weight is 419 g/mol. The molecule has 0 saturated carbocycles. The summed E-state index contributed by atoms with van der Waals surface area (Å²) in [4.78, 5) is 14.6. The van der Waals surface area contributed by atoms with Crippen LogP contribution in [0.1, 0.15) is 33.1 Å². The second-order valence-electron chi connectivity index (χ2n) is 8.10. The van der Waals surface area contributed by atoms with Crippen LogP contribution in [-0.4, -0.2) is 15.8 Å². The van der Waals surface area contributed by atoms with Crippen molar-refractivity contribution < 1.29 is 0 Å². The van der Waals surface area contributed by atoms with Gasteiger partial charge in [-0.1, -0.05) is 79.2 Å². The average Bonchev–Trinajstić information content (AvgIpc) is 2.85. The molecule has 0 atom stereocenters. The lowest BCUT2D eigenvalue weighted by Crippen LogP contribution is -2.26. The molecule has 0 amide bonds. The van der Waals surface area contributed by atoms with E-state index in [0.717, 1.165) is 41.6 Å². The van der Waals surface area contributed by atoms with Crippen molar-refractivity contribution in [1.82, 2.24) is 15.3 Å². The minimum atomic E-state index is 0.694. The normalized spacial score (nSPS) is 15.2. The molecule has 1 aromatic heterocycles. The Kier molecular flexibility index (Phi) is 5.51. The molecule has 32 heavy (non-hydrogen) atoms. The highest BCUT2D eigenvalue weighted by molar-refractivity contribution is 5.94. The molecule has 4 nitrogen and oxygen atoms in total. The third-order valence-electron chi connectivity index (χ3n) is 6.03. The summed E-state index contributed by atoms with van der Waals surface area (Å²) in [7, 11) is 0. The molecule has 0 saturated heterocycles. The lowest BCUT2D eigenvalue weighted by molar-refractivity contribution is 0.819. The van der Waals surface area contributed by atoms with Crippen LogP contribution in [0.2, 0.25) is 0 Å². The van der Waals surface area contributed by atoms with E-state index in [1.165, 1.54) is 22.4 Å². The maximum absolute atomic E-state index is 4.94. The van der Waals surface area contributed by atoms with Crippen molar-refractivity contribution in [2.24, 2.45) is 4.99 Å². The molecule has 5 rings (SSSR count). The summed E-state index contributed by atoms with van der Waals surface area (Å²) in [5.74, 6) is 2.38. The van der Waals surface area contributed by atoms with Gasteiger partial charge in [0, 0.05) is 23.1 Å². The van der Waals surface area contributed by atoms with Gasteiger partial charge in [0.2, 0.25) is 0 Å². The lowest BCUT2D eigenvalue weighted by atomic mass is 10.0. The van der Waals surface area contributed by atoms with Gasteiger partial charge in [0.1, 0.15) is 5.84 Å². The van der Waals surface area contributed by atoms with Gasteiger partial charge in [0.15, 0.2) is 11.6 Å². The predicted octanol–water partition coefficient (Wildman–Crippen LogP) is 7.06. The first-order valence-corrected chi connectivity index (χ1v) is 11.2. The highest BCUT2D eigenvalue weighted by atomic mass is 15.1. The maximum Gasteiger partial charge on any atom is 0.165 e. The van der Waals surface area contributed by atoms with E-state index in [2.05, 4.69) is 67.7 Å². The van der Waals surface area contributed by atoms with Crippen LogP contribution >= 0.6 is 0 Å². The van der Waals surface area contributed by atoms with Gasteiger partial charge in [-0.3, -0.25) is 0 Å². The number of para-hydroxylation sites is 1. The van der Waals surface area contributed by atoms with Gasteiger partial charge in [-0.15, -0.1) is 0 Å². The van der Waals surface area contributed by atoms with Crippen molar-refractivity contribution in [2.75, 3.05) is 0 Å². The molecule has 0 fully saturated rings. The Morgan fingerprint density at radius 1 is 0.781 bits per heavy atom. The van der Waals surface area contributed by atoms with Crippen LogP contribution in [0.25, 0.3) is 33.4 Å². The van der Waals surface area contributed by atoms with E-state index >= 15 is 0 Å². The van der Waals surface area contributed by atoms with Crippen LogP contribution in [-0.2, 0) is 0 Å². The van der Waals surface area contributed by atoms with E-state index < -0.39 is 0 Å². The second kappa shape index (κ2) is 8.75. The molecule has 0 unspecified atom stereocenters. The minimum Gasteiger partial charge on any atom is -0.348 e. The Morgan fingerprint density at radius 2 is 1.47 bits per heavy atom. The molecular formula is C28H26N4. The molecule has 0 spiro atoms. The molecule has 158 valence electrons. The molecule has 0 aliphatic carbocycles. The fraction of sp³-hybridized carbons (Fsp3) is 0.179. The quantitative estimate of drug-likeness (QED) is 0.386. The van der Waals surface area contributed by atoms with Crippen LogP contribution in [0.3, 0.4) is 0 Å². The molecule has 1 aliphatic rings. The Morgan fingerprint density at radius 3 is 2.22 bits per heavy atom.